The van der Waals surface area contributed by atoms with Crippen molar-refractivity contribution in [2.75, 3.05) is 13.2 Å². The number of carbonyl (C=O) groups excluding carboxylic acids is 1. The Balaban J connectivity index is 1.92. The molecule has 0 bridgehead atoms. The highest BCUT2D eigenvalue weighted by Gasteiger charge is 2.63. The van der Waals surface area contributed by atoms with Crippen LogP contribution in [0.4, 0.5) is 4.79 Å². The number of amides is 2. The smallest absolute Gasteiger partial charge is 0.351 e. The maximum absolute atomic E-state index is 12.6. The molecule has 2 N–H and O–H groups in total. The Morgan fingerprint density at radius 3 is 2.39 bits per heavy atom. The van der Waals surface area contributed by atoms with Crippen molar-refractivity contribution in [3.63, 3.8) is 0 Å². The quantitative estimate of drug-likeness (QED) is 0.865. The van der Waals surface area contributed by atoms with Crippen LogP contribution in [0.5, 0.6) is 0 Å². The van der Waals surface area contributed by atoms with Gasteiger partial charge in [-0.05, 0) is 0 Å². The van der Waals surface area contributed by atoms with Gasteiger partial charge in [-0.25, -0.2) is 9.19 Å². The molecule has 1 saturated heterocycles. The fraction of sp³-hybridized carbons (Fsp3) is 0.235. The van der Waals surface area contributed by atoms with Gasteiger partial charge < -0.3 is 15.0 Å². The van der Waals surface area contributed by atoms with Gasteiger partial charge in [0.1, 0.15) is 6.04 Å². The number of nitrogens with zero attached hydrogens (tertiary/aromatic N) is 1. The Hall–Kier alpha value is -2.15. The molecule has 0 aromatic heterocycles. The molecule has 0 spiro atoms. The predicted octanol–water partition coefficient (Wildman–Crippen LogP) is 2.22. The van der Waals surface area contributed by atoms with Gasteiger partial charge in [-0.3, -0.25) is 0 Å². The number of rotatable bonds is 2. The summed E-state index contributed by atoms with van der Waals surface area (Å²) >= 11 is 0. The van der Waals surface area contributed by atoms with Gasteiger partial charge in [-0.15, -0.1) is 0 Å². The fourth-order valence-electron chi connectivity index (χ4n) is 3.76. The summed E-state index contributed by atoms with van der Waals surface area (Å²) in [6.07, 6.45) is 0. The molecular weight excluding hydrogens is 291 g/mol. The maximum atomic E-state index is 12.6. The second-order valence-electron chi connectivity index (χ2n) is 5.99. The van der Waals surface area contributed by atoms with Crippen LogP contribution in [0, 0.1) is 0 Å². The molecule has 116 valence electrons. The third-order valence-corrected chi connectivity index (χ3v) is 4.75. The van der Waals surface area contributed by atoms with Crippen molar-refractivity contribution in [1.29, 1.82) is 0 Å². The van der Waals surface area contributed by atoms with Crippen molar-refractivity contribution < 1.29 is 18.5 Å². The molecule has 1 fully saturated rings. The topological polar surface area (TPSA) is 61.6 Å². The molecule has 2 atom stereocenters. The first-order valence-corrected chi connectivity index (χ1v) is 7.77. The van der Waals surface area contributed by atoms with Crippen LogP contribution >= 0.6 is 0 Å². The number of quaternary nitrogens is 1. The van der Waals surface area contributed by atoms with Crippen LogP contribution in [0.3, 0.4) is 0 Å². The van der Waals surface area contributed by atoms with Crippen molar-refractivity contribution in [2.45, 2.75) is 12.6 Å². The summed E-state index contributed by atoms with van der Waals surface area (Å²) in [5.41, 5.74) is 9.15. The zero-order valence-corrected chi connectivity index (χ0v) is 12.7. The lowest BCUT2D eigenvalue weighted by atomic mass is 9.90. The number of hydrogen-bond donors (Lipinski definition) is 1. The second-order valence-corrected chi connectivity index (χ2v) is 5.99. The molecule has 2 amide bonds. The summed E-state index contributed by atoms with van der Waals surface area (Å²) in [6.45, 7) is 1.45. The monoisotopic (exact) mass is 309 g/mol. The molecule has 2 aromatic rings. The molecule has 2 aromatic carbocycles. The Labute approximate surface area is 135 Å². The van der Waals surface area contributed by atoms with E-state index in [9.17, 15) is 4.79 Å². The zero-order valence-electron chi connectivity index (χ0n) is 12.7. The van der Waals surface area contributed by atoms with E-state index < -0.39 is 13.3 Å². The van der Waals surface area contributed by atoms with E-state index in [0.717, 1.165) is 16.7 Å². The molecule has 2 aliphatic rings. The summed E-state index contributed by atoms with van der Waals surface area (Å²) in [6, 6.07) is 17.4. The Morgan fingerprint density at radius 1 is 1.04 bits per heavy atom. The molecule has 4 rings (SSSR count). The minimum Gasteiger partial charge on any atom is -0.351 e. The van der Waals surface area contributed by atoms with E-state index in [4.69, 9.17) is 15.0 Å². The second kappa shape index (κ2) is 5.49. The number of urea groups is 1. The summed E-state index contributed by atoms with van der Waals surface area (Å²) < 4.78 is 11.4. The van der Waals surface area contributed by atoms with Gasteiger partial charge in [0, 0.05) is 16.7 Å². The van der Waals surface area contributed by atoms with Gasteiger partial charge >= 0.3 is 13.3 Å². The molecule has 0 saturated carbocycles. The summed E-state index contributed by atoms with van der Waals surface area (Å²) in [5.74, 6) is 0. The van der Waals surface area contributed by atoms with Gasteiger partial charge in [-0.1, -0.05) is 54.6 Å². The highest BCUT2D eigenvalue weighted by molar-refractivity contribution is 6.38. The number of benzene rings is 2. The largest absolute Gasteiger partial charge is 0.770 e. The Bertz CT molecular complexity index is 734. The fourth-order valence-corrected chi connectivity index (χ4v) is 3.76. The molecule has 0 radical (unpaired) electrons. The Kier molecular flexibility index (Phi) is 3.45. The lowest BCUT2D eigenvalue weighted by molar-refractivity contribution is -0.791. The van der Waals surface area contributed by atoms with Crippen LogP contribution < -0.4 is 5.73 Å². The highest BCUT2D eigenvalue weighted by Crippen LogP contribution is 2.46. The summed E-state index contributed by atoms with van der Waals surface area (Å²) in [4.78, 5) is 12.6. The van der Waals surface area contributed by atoms with Crippen molar-refractivity contribution in [3.05, 3.63) is 71.3 Å². The minimum atomic E-state index is -0.662. The van der Waals surface area contributed by atoms with Gasteiger partial charge in [0.15, 0.2) is 0 Å². The lowest BCUT2D eigenvalue weighted by Crippen LogP contribution is -2.63. The minimum absolute atomic E-state index is 0.0661. The van der Waals surface area contributed by atoms with Crippen molar-refractivity contribution in [2.24, 2.45) is 5.73 Å². The van der Waals surface area contributed by atoms with E-state index in [-0.39, 0.29) is 10.4 Å². The molecule has 0 aliphatic carbocycles. The number of fused-ring (bicyclic) bond motifs is 1. The molecule has 23 heavy (non-hydrogen) atoms. The van der Waals surface area contributed by atoms with E-state index in [2.05, 4.69) is 6.07 Å². The molecule has 5 nitrogen and oxygen atoms in total. The van der Waals surface area contributed by atoms with Gasteiger partial charge in [0.05, 0.1) is 19.8 Å². The normalized spacial score (nSPS) is 26.3. The predicted molar refractivity (Wildman–Crippen MR) is 85.9 cm³/mol. The van der Waals surface area contributed by atoms with E-state index in [1.807, 2.05) is 48.5 Å². The number of nitrogens with two attached hydrogens (primary N) is 1. The number of carbonyl (C=O) groups is 1. The summed E-state index contributed by atoms with van der Waals surface area (Å²) in [5, 5.41) is 0. The third-order valence-electron chi connectivity index (χ3n) is 4.75. The van der Waals surface area contributed by atoms with Crippen LogP contribution in [0.2, 0.25) is 0 Å². The molecule has 2 heterocycles. The van der Waals surface area contributed by atoms with Gasteiger partial charge in [-0.2, -0.15) is 0 Å². The van der Waals surface area contributed by atoms with Crippen LogP contribution in [0.1, 0.15) is 22.7 Å². The first kappa shape index (κ1) is 14.4. The lowest BCUT2D eigenvalue weighted by Gasteiger charge is -2.36. The average Bonchev–Trinajstić information content (AvgIpc) is 3.21. The third kappa shape index (κ3) is 2.10. The van der Waals surface area contributed by atoms with Crippen LogP contribution in [-0.2, 0) is 15.9 Å². The molecular formula is C17H18BN2O3+. The van der Waals surface area contributed by atoms with Crippen LogP contribution in [-0.4, -0.2) is 30.9 Å². The van der Waals surface area contributed by atoms with E-state index >= 15 is 0 Å². The van der Waals surface area contributed by atoms with E-state index in [1.165, 1.54) is 0 Å². The first-order valence-electron chi connectivity index (χ1n) is 7.77. The van der Waals surface area contributed by atoms with Crippen molar-refractivity contribution in [3.8, 4) is 0 Å². The highest BCUT2D eigenvalue weighted by atomic mass is 16.7. The zero-order chi connectivity index (χ0) is 15.9. The average molecular weight is 309 g/mol. The summed E-state index contributed by atoms with van der Waals surface area (Å²) in [7, 11) is -0.662. The first-order chi connectivity index (χ1) is 11.2. The van der Waals surface area contributed by atoms with Gasteiger partial charge in [0.25, 0.3) is 0 Å². The van der Waals surface area contributed by atoms with Gasteiger partial charge in [0.2, 0.25) is 0 Å². The molecule has 2 unspecified atom stereocenters. The number of hydrogen-bond acceptors (Lipinski definition) is 3. The Morgan fingerprint density at radius 2 is 1.70 bits per heavy atom. The van der Waals surface area contributed by atoms with Crippen LogP contribution in [0.25, 0.3) is 0 Å². The van der Waals surface area contributed by atoms with Crippen LogP contribution in [0.15, 0.2) is 54.6 Å². The molecule has 2 aliphatic heterocycles. The van der Waals surface area contributed by atoms with E-state index in [0.29, 0.717) is 19.8 Å². The van der Waals surface area contributed by atoms with E-state index in [1.54, 1.807) is 0 Å². The maximum Gasteiger partial charge on any atom is 0.770 e. The van der Waals surface area contributed by atoms with Crippen molar-refractivity contribution in [1.82, 2.24) is 0 Å². The molecule has 6 heteroatoms. The standard InChI is InChI=1S/C17H17BN2O3/c19-17(21)20(18-22-10-11-23-18)12-14-8-4-5-9-15(14)16(20)13-6-2-1-3-7-13/h1-9,16H,10-12H2,(H-,19,21)/p+1. The SMILES string of the molecule is NC(=O)[N+]1(B2OCCO2)Cc2ccccc2C1c1ccccc1. The number of primary amides is 1. The van der Waals surface area contributed by atoms with Crippen molar-refractivity contribution >= 4 is 13.3 Å².